The first-order chi connectivity index (χ1) is 36.1. The number of rotatable bonds is 6. The lowest BCUT2D eigenvalue weighted by atomic mass is 10.0. The van der Waals surface area contributed by atoms with Gasteiger partial charge in [-0.1, -0.05) is 133 Å². The van der Waals surface area contributed by atoms with Crippen LogP contribution >= 0.6 is 34.0 Å². The Kier molecular flexibility index (Phi) is 8.95. The van der Waals surface area contributed by atoms with Crippen molar-refractivity contribution in [3.8, 4) is 55.3 Å². The average Bonchev–Trinajstić information content (AvgIpc) is 4.28. The Morgan fingerprint density at radius 1 is 0.247 bits per heavy atom. The molecule has 0 fully saturated rings. The molecule has 0 spiro atoms. The molecule has 11 aromatic carbocycles. The summed E-state index contributed by atoms with van der Waals surface area (Å²) in [7, 11) is 0. The van der Waals surface area contributed by atoms with Crippen LogP contribution in [0.15, 0.2) is 237 Å². The quantitative estimate of drug-likeness (QED) is 0.163. The van der Waals surface area contributed by atoms with E-state index in [9.17, 15) is 0 Å². The third kappa shape index (κ3) is 6.44. The van der Waals surface area contributed by atoms with Crippen LogP contribution in [0.5, 0.6) is 0 Å². The molecule has 0 saturated carbocycles. The van der Waals surface area contributed by atoms with Crippen molar-refractivity contribution in [3.05, 3.63) is 237 Å². The maximum absolute atomic E-state index is 5.24. The number of thiazole rings is 1. The molecular formula is C67H39N3S3. The minimum Gasteiger partial charge on any atom is -0.309 e. The van der Waals surface area contributed by atoms with Crippen LogP contribution in [0.25, 0.3) is 149 Å². The number of hydrogen-bond donors (Lipinski definition) is 0. The first kappa shape index (κ1) is 41.0. The van der Waals surface area contributed by atoms with Crippen LogP contribution in [-0.2, 0) is 0 Å². The van der Waals surface area contributed by atoms with E-state index in [1.165, 1.54) is 117 Å². The van der Waals surface area contributed by atoms with Gasteiger partial charge >= 0.3 is 0 Å². The van der Waals surface area contributed by atoms with E-state index < -0.39 is 0 Å². The number of aromatic nitrogens is 3. The Balaban J connectivity index is 0.842. The van der Waals surface area contributed by atoms with Crippen molar-refractivity contribution in [3.63, 3.8) is 0 Å². The highest BCUT2D eigenvalue weighted by Gasteiger charge is 2.20. The average molecular weight is 982 g/mol. The van der Waals surface area contributed by atoms with Gasteiger partial charge in [-0.05, 0) is 137 Å². The molecule has 6 heteroatoms. The number of thiophene rings is 2. The summed E-state index contributed by atoms with van der Waals surface area (Å²) in [6, 6.07) is 87.6. The molecular weight excluding hydrogens is 943 g/mol. The van der Waals surface area contributed by atoms with Gasteiger partial charge in [0, 0.05) is 78.8 Å². The molecule has 0 aliphatic heterocycles. The van der Waals surface area contributed by atoms with E-state index in [4.69, 9.17) is 4.98 Å². The molecule has 3 nitrogen and oxygen atoms in total. The van der Waals surface area contributed by atoms with Crippen molar-refractivity contribution in [1.82, 2.24) is 14.1 Å². The molecule has 0 radical (unpaired) electrons. The van der Waals surface area contributed by atoms with Crippen LogP contribution in [-0.4, -0.2) is 14.1 Å². The Bertz CT molecular complexity index is 4930. The minimum absolute atomic E-state index is 1.01. The SMILES string of the molecule is c1ccc(-c2nc3cc4c(cc3s2)c2cc(-c3ccc5c(c3)c3ccccc3n5-c3cccc(-c5ccc6sc7ccccc7c6c5)c3)ccc2n4-c2cccc(-c3ccc4sc5ccccc5c4c3)c2)cc1. The highest BCUT2D eigenvalue weighted by atomic mass is 32.1. The molecule has 16 rings (SSSR count). The molecule has 16 aromatic rings. The summed E-state index contributed by atoms with van der Waals surface area (Å²) in [4.78, 5) is 5.24. The fraction of sp³-hybridized carbons (Fsp3) is 0. The third-order valence-electron chi connectivity index (χ3n) is 14.9. The Morgan fingerprint density at radius 3 is 1.30 bits per heavy atom. The number of para-hydroxylation sites is 1. The van der Waals surface area contributed by atoms with Crippen molar-refractivity contribution in [2.75, 3.05) is 0 Å². The first-order valence-corrected chi connectivity index (χ1v) is 27.1. The van der Waals surface area contributed by atoms with Crippen molar-refractivity contribution < 1.29 is 0 Å². The van der Waals surface area contributed by atoms with E-state index in [0.29, 0.717) is 0 Å². The van der Waals surface area contributed by atoms with Gasteiger partial charge in [-0.15, -0.1) is 34.0 Å². The van der Waals surface area contributed by atoms with E-state index in [2.05, 4.69) is 246 Å². The standard InChI is InChI=1S/C67H39N3S3/c1-2-12-40(13-3-1)67-68-57-39-61-54(38-66(57)73-67)53-35-44(25-29-60(53)70(61)48-17-11-15-42(33-48)46-27-31-65-56(37-46)51-20-6-9-23-63(51)72-65)43-24-28-59-52(34-43)49-18-4-7-21-58(49)69(59)47-16-10-14-41(32-47)45-26-30-64-55(36-45)50-19-5-8-22-62(50)71-64/h1-39H. The predicted octanol–water partition coefficient (Wildman–Crippen LogP) is 19.9. The molecule has 0 unspecified atom stereocenters. The van der Waals surface area contributed by atoms with Crippen molar-refractivity contribution in [2.45, 2.75) is 0 Å². The van der Waals surface area contributed by atoms with Crippen molar-refractivity contribution in [2.24, 2.45) is 0 Å². The molecule has 5 aromatic heterocycles. The lowest BCUT2D eigenvalue weighted by Gasteiger charge is -2.12. The van der Waals surface area contributed by atoms with Gasteiger partial charge < -0.3 is 9.13 Å². The van der Waals surface area contributed by atoms with Gasteiger partial charge in [-0.3, -0.25) is 0 Å². The van der Waals surface area contributed by atoms with Gasteiger partial charge in [0.05, 0.1) is 32.3 Å². The second kappa shape index (κ2) is 15.9. The molecule has 0 aliphatic carbocycles. The van der Waals surface area contributed by atoms with Crippen LogP contribution in [0.4, 0.5) is 0 Å². The van der Waals surface area contributed by atoms with Gasteiger partial charge in [0.15, 0.2) is 0 Å². The molecule has 0 atom stereocenters. The lowest BCUT2D eigenvalue weighted by molar-refractivity contribution is 1.18. The zero-order valence-electron chi connectivity index (χ0n) is 39.1. The maximum atomic E-state index is 5.24. The Hall–Kier alpha value is -8.65. The lowest BCUT2D eigenvalue weighted by Crippen LogP contribution is -1.95. The topological polar surface area (TPSA) is 22.8 Å². The van der Waals surface area contributed by atoms with Crippen LogP contribution in [0.2, 0.25) is 0 Å². The molecule has 340 valence electrons. The Morgan fingerprint density at radius 2 is 0.685 bits per heavy atom. The summed E-state index contributed by atoms with van der Waals surface area (Å²) < 4.78 is 11.3. The summed E-state index contributed by atoms with van der Waals surface area (Å²) in [6.45, 7) is 0. The summed E-state index contributed by atoms with van der Waals surface area (Å²) in [5, 5.41) is 11.2. The monoisotopic (exact) mass is 981 g/mol. The number of benzene rings is 11. The maximum Gasteiger partial charge on any atom is 0.124 e. The fourth-order valence-electron chi connectivity index (χ4n) is 11.5. The number of hydrogen-bond acceptors (Lipinski definition) is 4. The summed E-state index contributed by atoms with van der Waals surface area (Å²) in [6.07, 6.45) is 0. The van der Waals surface area contributed by atoms with Crippen molar-refractivity contribution >= 4 is 128 Å². The van der Waals surface area contributed by atoms with E-state index in [-0.39, 0.29) is 0 Å². The second-order valence-corrected chi connectivity index (χ2v) is 22.3. The Labute approximate surface area is 431 Å². The summed E-state index contributed by atoms with van der Waals surface area (Å²) in [5.74, 6) is 0. The number of fused-ring (bicyclic) bond motifs is 13. The molecule has 5 heterocycles. The highest BCUT2D eigenvalue weighted by molar-refractivity contribution is 7.26. The zero-order valence-corrected chi connectivity index (χ0v) is 41.5. The van der Waals surface area contributed by atoms with Gasteiger partial charge in [0.2, 0.25) is 0 Å². The van der Waals surface area contributed by atoms with Gasteiger partial charge in [-0.2, -0.15) is 0 Å². The van der Waals surface area contributed by atoms with Crippen LogP contribution in [0, 0.1) is 0 Å². The molecule has 0 amide bonds. The van der Waals surface area contributed by atoms with Gasteiger partial charge in [0.25, 0.3) is 0 Å². The molecule has 0 bridgehead atoms. The van der Waals surface area contributed by atoms with Gasteiger partial charge in [-0.25, -0.2) is 4.98 Å². The molecule has 0 N–H and O–H groups in total. The van der Waals surface area contributed by atoms with Crippen LogP contribution in [0.3, 0.4) is 0 Å². The molecule has 73 heavy (non-hydrogen) atoms. The zero-order chi connectivity index (χ0) is 47.7. The van der Waals surface area contributed by atoms with Crippen LogP contribution < -0.4 is 0 Å². The molecule has 0 aliphatic rings. The van der Waals surface area contributed by atoms with E-state index in [1.807, 2.05) is 22.7 Å². The first-order valence-electron chi connectivity index (χ1n) is 24.7. The highest BCUT2D eigenvalue weighted by Crippen LogP contribution is 2.43. The largest absolute Gasteiger partial charge is 0.309 e. The molecule has 0 saturated heterocycles. The third-order valence-corrected chi connectivity index (χ3v) is 18.3. The summed E-state index contributed by atoms with van der Waals surface area (Å²) in [5.41, 5.74) is 16.3. The van der Waals surface area contributed by atoms with E-state index in [0.717, 1.165) is 33.0 Å². The number of nitrogens with zero attached hydrogens (tertiary/aromatic N) is 3. The smallest absolute Gasteiger partial charge is 0.124 e. The predicted molar refractivity (Wildman–Crippen MR) is 316 cm³/mol. The van der Waals surface area contributed by atoms with Crippen LogP contribution in [0.1, 0.15) is 0 Å². The van der Waals surface area contributed by atoms with E-state index >= 15 is 0 Å². The van der Waals surface area contributed by atoms with Gasteiger partial charge in [0.1, 0.15) is 5.01 Å². The fourth-order valence-corrected chi connectivity index (χ4v) is 14.7. The second-order valence-electron chi connectivity index (χ2n) is 19.1. The minimum atomic E-state index is 1.01. The summed E-state index contributed by atoms with van der Waals surface area (Å²) >= 11 is 5.49. The van der Waals surface area contributed by atoms with E-state index in [1.54, 1.807) is 11.3 Å². The van der Waals surface area contributed by atoms with Crippen molar-refractivity contribution in [1.29, 1.82) is 0 Å². The normalized spacial score (nSPS) is 12.1.